The van der Waals surface area contributed by atoms with Gasteiger partial charge in [-0.15, -0.1) is 0 Å². The van der Waals surface area contributed by atoms with Gasteiger partial charge in [-0.1, -0.05) is 18.2 Å². The van der Waals surface area contributed by atoms with Crippen molar-refractivity contribution in [3.05, 3.63) is 35.5 Å². The first kappa shape index (κ1) is 8.10. The summed E-state index contributed by atoms with van der Waals surface area (Å²) < 4.78 is 0. The van der Waals surface area contributed by atoms with Gasteiger partial charge in [-0.05, 0) is 43.7 Å². The van der Waals surface area contributed by atoms with Crippen LogP contribution in [0, 0.1) is 12.8 Å². The van der Waals surface area contributed by atoms with Crippen LogP contribution in [0.3, 0.4) is 0 Å². The van der Waals surface area contributed by atoms with Gasteiger partial charge in [0, 0.05) is 16.6 Å². The van der Waals surface area contributed by atoms with E-state index in [-0.39, 0.29) is 0 Å². The average molecular weight is 185 g/mol. The van der Waals surface area contributed by atoms with Crippen LogP contribution in [0.2, 0.25) is 0 Å². The lowest BCUT2D eigenvalue weighted by Gasteiger charge is -1.96. The molecule has 1 aromatic heterocycles. The Morgan fingerprint density at radius 2 is 2.07 bits per heavy atom. The van der Waals surface area contributed by atoms with Gasteiger partial charge in [0.25, 0.3) is 0 Å². The van der Waals surface area contributed by atoms with E-state index in [0.29, 0.717) is 0 Å². The maximum absolute atomic E-state index is 3.54. The predicted octanol–water partition coefficient (Wildman–Crippen LogP) is 3.43. The summed E-state index contributed by atoms with van der Waals surface area (Å²) in [6.07, 6.45) is 4.10. The normalized spacial score (nSPS) is 16.4. The first-order chi connectivity index (χ1) is 6.84. The molecule has 0 radical (unpaired) electrons. The molecule has 1 nitrogen and oxygen atoms in total. The molecule has 72 valence electrons. The monoisotopic (exact) mass is 185 g/mol. The fraction of sp³-hybridized carbons (Fsp3) is 0.385. The van der Waals surface area contributed by atoms with Gasteiger partial charge in [0.1, 0.15) is 0 Å². The maximum Gasteiger partial charge on any atom is 0.0458 e. The van der Waals surface area contributed by atoms with E-state index in [4.69, 9.17) is 0 Å². The number of rotatable bonds is 2. The fourth-order valence-corrected chi connectivity index (χ4v) is 2.15. The molecular formula is C13H15N. The summed E-state index contributed by atoms with van der Waals surface area (Å²) in [5.74, 6) is 0.960. The number of hydrogen-bond acceptors (Lipinski definition) is 0. The van der Waals surface area contributed by atoms with E-state index in [1.54, 1.807) is 0 Å². The third-order valence-corrected chi connectivity index (χ3v) is 3.26. The van der Waals surface area contributed by atoms with Crippen LogP contribution in [0.1, 0.15) is 24.1 Å². The minimum Gasteiger partial charge on any atom is -0.358 e. The van der Waals surface area contributed by atoms with Crippen LogP contribution in [-0.4, -0.2) is 4.98 Å². The zero-order valence-corrected chi connectivity index (χ0v) is 8.51. The van der Waals surface area contributed by atoms with Gasteiger partial charge >= 0.3 is 0 Å². The van der Waals surface area contributed by atoms with Crippen molar-refractivity contribution in [3.8, 4) is 0 Å². The summed E-state index contributed by atoms with van der Waals surface area (Å²) in [4.78, 5) is 3.54. The van der Waals surface area contributed by atoms with Crippen molar-refractivity contribution in [2.45, 2.75) is 26.2 Å². The van der Waals surface area contributed by atoms with Crippen molar-refractivity contribution in [1.29, 1.82) is 0 Å². The molecule has 0 saturated heterocycles. The molecule has 0 amide bonds. The van der Waals surface area contributed by atoms with Crippen molar-refractivity contribution in [2.75, 3.05) is 0 Å². The highest BCUT2D eigenvalue weighted by molar-refractivity contribution is 5.84. The second-order valence-electron chi connectivity index (χ2n) is 4.42. The Labute approximate surface area is 84.1 Å². The number of aromatic nitrogens is 1. The number of aromatic amines is 1. The number of nitrogens with one attached hydrogen (secondary N) is 1. The Morgan fingerprint density at radius 1 is 1.29 bits per heavy atom. The Morgan fingerprint density at radius 3 is 2.79 bits per heavy atom. The first-order valence-electron chi connectivity index (χ1n) is 5.41. The number of H-pyrrole nitrogens is 1. The van der Waals surface area contributed by atoms with Crippen LogP contribution in [0.15, 0.2) is 24.3 Å². The number of benzene rings is 1. The lowest BCUT2D eigenvalue weighted by atomic mass is 10.1. The highest BCUT2D eigenvalue weighted by Gasteiger charge is 2.23. The van der Waals surface area contributed by atoms with Crippen LogP contribution in [0.5, 0.6) is 0 Å². The van der Waals surface area contributed by atoms with Crippen LogP contribution < -0.4 is 0 Å². The van der Waals surface area contributed by atoms with Crippen molar-refractivity contribution in [3.63, 3.8) is 0 Å². The van der Waals surface area contributed by atoms with E-state index in [9.17, 15) is 0 Å². The Kier molecular flexibility index (Phi) is 1.66. The van der Waals surface area contributed by atoms with Crippen molar-refractivity contribution in [2.24, 2.45) is 5.92 Å². The van der Waals surface area contributed by atoms with E-state index < -0.39 is 0 Å². The van der Waals surface area contributed by atoms with Crippen molar-refractivity contribution in [1.82, 2.24) is 4.98 Å². The van der Waals surface area contributed by atoms with Gasteiger partial charge in [0.15, 0.2) is 0 Å². The van der Waals surface area contributed by atoms with Crippen LogP contribution in [0.25, 0.3) is 10.9 Å². The molecule has 0 unspecified atom stereocenters. The van der Waals surface area contributed by atoms with Gasteiger partial charge in [0.2, 0.25) is 0 Å². The number of aryl methyl sites for hydroxylation is 1. The number of fused-ring (bicyclic) bond motifs is 1. The largest absolute Gasteiger partial charge is 0.358 e. The van der Waals surface area contributed by atoms with Gasteiger partial charge in [0.05, 0.1) is 0 Å². The van der Waals surface area contributed by atoms with Gasteiger partial charge in [-0.2, -0.15) is 0 Å². The van der Waals surface area contributed by atoms with Crippen LogP contribution in [-0.2, 0) is 6.42 Å². The molecule has 14 heavy (non-hydrogen) atoms. The number of hydrogen-bond donors (Lipinski definition) is 1. The number of para-hydroxylation sites is 1. The molecular weight excluding hydrogens is 170 g/mol. The zero-order valence-electron chi connectivity index (χ0n) is 8.51. The molecule has 2 aromatic rings. The Hall–Kier alpha value is -1.24. The second kappa shape index (κ2) is 2.88. The lowest BCUT2D eigenvalue weighted by Crippen LogP contribution is -1.88. The molecule has 1 heterocycles. The summed E-state index contributed by atoms with van der Waals surface area (Å²) in [5.41, 5.74) is 4.20. The minimum absolute atomic E-state index is 0.960. The molecule has 0 spiro atoms. The highest BCUT2D eigenvalue weighted by Crippen LogP contribution is 2.34. The zero-order chi connectivity index (χ0) is 9.54. The van der Waals surface area contributed by atoms with Crippen LogP contribution >= 0.6 is 0 Å². The quantitative estimate of drug-likeness (QED) is 0.737. The van der Waals surface area contributed by atoms with E-state index in [1.165, 1.54) is 41.4 Å². The van der Waals surface area contributed by atoms with Crippen molar-refractivity contribution >= 4 is 10.9 Å². The van der Waals surface area contributed by atoms with E-state index in [2.05, 4.69) is 36.2 Å². The molecule has 1 N–H and O–H groups in total. The Bertz CT molecular complexity index is 463. The molecule has 0 atom stereocenters. The molecule has 0 bridgehead atoms. The summed E-state index contributed by atoms with van der Waals surface area (Å²) >= 11 is 0. The third kappa shape index (κ3) is 1.24. The minimum atomic E-state index is 0.960. The predicted molar refractivity (Wildman–Crippen MR) is 59.5 cm³/mol. The maximum atomic E-state index is 3.54. The summed E-state index contributed by atoms with van der Waals surface area (Å²) in [5, 5.41) is 1.39. The fourth-order valence-electron chi connectivity index (χ4n) is 2.15. The SMILES string of the molecule is Cc1c(CC2CC2)[nH]c2ccccc12. The highest BCUT2D eigenvalue weighted by atomic mass is 14.7. The van der Waals surface area contributed by atoms with Gasteiger partial charge in [-0.25, -0.2) is 0 Å². The summed E-state index contributed by atoms with van der Waals surface area (Å²) in [7, 11) is 0. The smallest absolute Gasteiger partial charge is 0.0458 e. The molecule has 1 aliphatic carbocycles. The molecule has 1 aromatic carbocycles. The average Bonchev–Trinajstić information content (AvgIpc) is 2.95. The van der Waals surface area contributed by atoms with E-state index in [0.717, 1.165) is 5.92 Å². The molecule has 1 fully saturated rings. The van der Waals surface area contributed by atoms with E-state index >= 15 is 0 Å². The van der Waals surface area contributed by atoms with Crippen molar-refractivity contribution < 1.29 is 0 Å². The third-order valence-electron chi connectivity index (χ3n) is 3.26. The summed E-state index contributed by atoms with van der Waals surface area (Å²) in [6.45, 7) is 2.23. The first-order valence-corrected chi connectivity index (χ1v) is 5.41. The molecule has 1 saturated carbocycles. The molecule has 1 heteroatoms. The Balaban J connectivity index is 2.09. The van der Waals surface area contributed by atoms with Gasteiger partial charge in [-0.3, -0.25) is 0 Å². The standard InChI is InChI=1S/C13H15N/c1-9-11-4-2-3-5-12(11)14-13(9)8-10-6-7-10/h2-5,10,14H,6-8H2,1H3. The van der Waals surface area contributed by atoms with Gasteiger partial charge < -0.3 is 4.98 Å². The summed E-state index contributed by atoms with van der Waals surface area (Å²) in [6, 6.07) is 8.58. The van der Waals surface area contributed by atoms with E-state index in [1.807, 2.05) is 0 Å². The molecule has 1 aliphatic rings. The lowest BCUT2D eigenvalue weighted by molar-refractivity contribution is 0.807. The second-order valence-corrected chi connectivity index (χ2v) is 4.42. The molecule has 0 aliphatic heterocycles. The van der Waals surface area contributed by atoms with Crippen LogP contribution in [0.4, 0.5) is 0 Å². The topological polar surface area (TPSA) is 15.8 Å². The molecule has 3 rings (SSSR count).